The highest BCUT2D eigenvalue weighted by molar-refractivity contribution is 5.88. The number of amides is 3. The van der Waals surface area contributed by atoms with E-state index in [1.807, 2.05) is 23.1 Å². The van der Waals surface area contributed by atoms with Gasteiger partial charge in [-0.2, -0.15) is 0 Å². The number of piperidine rings is 1. The van der Waals surface area contributed by atoms with Crippen molar-refractivity contribution >= 4 is 17.7 Å². The SMILES string of the molecule is CC(C)CC1NCCN(CC(=O)N2CCC(CC(N)=O)CC2)C1=O.Cc1ccccc1. The monoisotopic (exact) mass is 430 g/mol. The molecule has 1 aromatic carbocycles. The summed E-state index contributed by atoms with van der Waals surface area (Å²) >= 11 is 0. The number of aryl methyl sites for hydroxylation is 1. The van der Waals surface area contributed by atoms with Gasteiger partial charge < -0.3 is 20.9 Å². The Balaban J connectivity index is 0.000000412. The number of carbonyl (C=O) groups is 3. The summed E-state index contributed by atoms with van der Waals surface area (Å²) in [5.74, 6) is 0.481. The maximum atomic E-state index is 12.5. The molecule has 7 heteroatoms. The van der Waals surface area contributed by atoms with E-state index in [1.54, 1.807) is 4.90 Å². The van der Waals surface area contributed by atoms with E-state index in [0.29, 0.717) is 32.0 Å². The van der Waals surface area contributed by atoms with Crippen LogP contribution in [0.3, 0.4) is 0 Å². The molecule has 2 saturated heterocycles. The lowest BCUT2D eigenvalue weighted by Crippen LogP contribution is -2.57. The molecule has 1 aromatic rings. The van der Waals surface area contributed by atoms with Gasteiger partial charge in [-0.3, -0.25) is 14.4 Å². The van der Waals surface area contributed by atoms with E-state index in [-0.39, 0.29) is 36.2 Å². The topological polar surface area (TPSA) is 95.7 Å². The van der Waals surface area contributed by atoms with Gasteiger partial charge in [-0.15, -0.1) is 0 Å². The molecule has 0 saturated carbocycles. The summed E-state index contributed by atoms with van der Waals surface area (Å²) < 4.78 is 0. The third-order valence-electron chi connectivity index (χ3n) is 5.81. The molecule has 172 valence electrons. The number of nitrogens with one attached hydrogen (secondary N) is 1. The van der Waals surface area contributed by atoms with Crippen molar-refractivity contribution in [3.05, 3.63) is 35.9 Å². The van der Waals surface area contributed by atoms with Crippen molar-refractivity contribution in [1.82, 2.24) is 15.1 Å². The summed E-state index contributed by atoms with van der Waals surface area (Å²) in [4.78, 5) is 39.5. The molecule has 0 aliphatic carbocycles. The quantitative estimate of drug-likeness (QED) is 0.721. The third-order valence-corrected chi connectivity index (χ3v) is 5.81. The van der Waals surface area contributed by atoms with E-state index in [9.17, 15) is 14.4 Å². The highest BCUT2D eigenvalue weighted by atomic mass is 16.2. The maximum absolute atomic E-state index is 12.5. The number of benzene rings is 1. The molecule has 0 radical (unpaired) electrons. The molecule has 3 amide bonds. The minimum atomic E-state index is -0.276. The van der Waals surface area contributed by atoms with E-state index in [2.05, 4.69) is 38.2 Å². The highest BCUT2D eigenvalue weighted by Gasteiger charge is 2.31. The lowest BCUT2D eigenvalue weighted by Gasteiger charge is -2.36. The van der Waals surface area contributed by atoms with Crippen molar-refractivity contribution in [2.75, 3.05) is 32.7 Å². The van der Waals surface area contributed by atoms with Crippen molar-refractivity contribution in [2.45, 2.75) is 52.5 Å². The molecule has 2 aliphatic heterocycles. The molecule has 3 N–H and O–H groups in total. The van der Waals surface area contributed by atoms with E-state index < -0.39 is 0 Å². The minimum Gasteiger partial charge on any atom is -0.370 e. The number of carbonyl (C=O) groups excluding carboxylic acids is 3. The summed E-state index contributed by atoms with van der Waals surface area (Å²) in [5.41, 5.74) is 6.56. The van der Waals surface area contributed by atoms with Crippen molar-refractivity contribution in [2.24, 2.45) is 17.6 Å². The number of likely N-dealkylation sites (tertiary alicyclic amines) is 1. The molecule has 1 atom stereocenters. The summed E-state index contributed by atoms with van der Waals surface area (Å²) in [5, 5.41) is 3.25. The fraction of sp³-hybridized carbons (Fsp3) is 0.625. The summed E-state index contributed by atoms with van der Waals surface area (Å²) in [6, 6.07) is 10.1. The molecule has 0 bridgehead atoms. The first-order valence-corrected chi connectivity index (χ1v) is 11.4. The van der Waals surface area contributed by atoms with Gasteiger partial charge >= 0.3 is 0 Å². The number of rotatable bonds is 6. The average molecular weight is 431 g/mol. The normalized spacial score (nSPS) is 19.7. The minimum absolute atomic E-state index is 0.00562. The standard InChI is InChI=1S/C17H30N4O3.C7H8/c1-12(2)9-14-17(24)21(8-5-19-14)11-16(23)20-6-3-13(4-7-20)10-15(18)22;1-7-5-3-2-4-6-7/h12-14,19H,3-11H2,1-2H3,(H2,18,22);2-6H,1H3. The van der Waals surface area contributed by atoms with E-state index in [0.717, 1.165) is 25.8 Å². The molecule has 1 unspecified atom stereocenters. The van der Waals surface area contributed by atoms with Gasteiger partial charge in [-0.25, -0.2) is 0 Å². The van der Waals surface area contributed by atoms with Crippen LogP contribution >= 0.6 is 0 Å². The van der Waals surface area contributed by atoms with Gasteiger partial charge in [0.1, 0.15) is 0 Å². The Hall–Kier alpha value is -2.41. The number of hydrogen-bond donors (Lipinski definition) is 2. The largest absolute Gasteiger partial charge is 0.370 e. The van der Waals surface area contributed by atoms with Crippen LogP contribution in [0.25, 0.3) is 0 Å². The molecule has 3 rings (SSSR count). The number of nitrogens with zero attached hydrogens (tertiary/aromatic N) is 2. The number of piperazine rings is 1. The van der Waals surface area contributed by atoms with E-state index in [1.165, 1.54) is 5.56 Å². The zero-order valence-electron chi connectivity index (χ0n) is 19.2. The van der Waals surface area contributed by atoms with Crippen LogP contribution in [-0.4, -0.2) is 66.3 Å². The van der Waals surface area contributed by atoms with Crippen LogP contribution in [0.5, 0.6) is 0 Å². The van der Waals surface area contributed by atoms with Crippen LogP contribution in [0.1, 0.15) is 45.1 Å². The van der Waals surface area contributed by atoms with Crippen molar-refractivity contribution in [3.8, 4) is 0 Å². The van der Waals surface area contributed by atoms with Crippen LogP contribution in [0.2, 0.25) is 0 Å². The Morgan fingerprint density at radius 3 is 2.29 bits per heavy atom. The Bertz CT molecular complexity index is 715. The fourth-order valence-corrected chi connectivity index (χ4v) is 4.07. The van der Waals surface area contributed by atoms with Crippen molar-refractivity contribution < 1.29 is 14.4 Å². The first kappa shape index (κ1) is 24.9. The van der Waals surface area contributed by atoms with Gasteiger partial charge in [0.05, 0.1) is 12.6 Å². The predicted molar refractivity (Wildman–Crippen MR) is 122 cm³/mol. The van der Waals surface area contributed by atoms with Gasteiger partial charge in [0, 0.05) is 32.6 Å². The van der Waals surface area contributed by atoms with Crippen molar-refractivity contribution in [3.63, 3.8) is 0 Å². The second-order valence-electron chi connectivity index (χ2n) is 9.05. The van der Waals surface area contributed by atoms with Gasteiger partial charge in [-0.1, -0.05) is 49.7 Å². The Labute approximate surface area is 186 Å². The summed E-state index contributed by atoms with van der Waals surface area (Å²) in [6.07, 6.45) is 2.80. The second-order valence-corrected chi connectivity index (χ2v) is 9.05. The van der Waals surface area contributed by atoms with Gasteiger partial charge in [0.25, 0.3) is 0 Å². The molecule has 2 fully saturated rings. The zero-order chi connectivity index (χ0) is 22.8. The number of primary amides is 1. The number of nitrogens with two attached hydrogens (primary N) is 1. The Kier molecular flexibility index (Phi) is 9.98. The predicted octanol–water partition coefficient (Wildman–Crippen LogP) is 1.94. The van der Waals surface area contributed by atoms with Crippen LogP contribution < -0.4 is 11.1 Å². The first-order valence-electron chi connectivity index (χ1n) is 11.4. The molecule has 2 heterocycles. The van der Waals surface area contributed by atoms with Crippen LogP contribution in [-0.2, 0) is 14.4 Å². The smallest absolute Gasteiger partial charge is 0.242 e. The van der Waals surface area contributed by atoms with Gasteiger partial charge in [-0.05, 0) is 38.0 Å². The number of hydrogen-bond acceptors (Lipinski definition) is 4. The zero-order valence-corrected chi connectivity index (χ0v) is 19.2. The van der Waals surface area contributed by atoms with E-state index >= 15 is 0 Å². The van der Waals surface area contributed by atoms with Gasteiger partial charge in [0.15, 0.2) is 0 Å². The fourth-order valence-electron chi connectivity index (χ4n) is 4.07. The molecule has 2 aliphatic rings. The molecule has 0 aromatic heterocycles. The maximum Gasteiger partial charge on any atom is 0.242 e. The Morgan fingerprint density at radius 2 is 1.77 bits per heavy atom. The van der Waals surface area contributed by atoms with Crippen LogP contribution in [0.15, 0.2) is 30.3 Å². The lowest BCUT2D eigenvalue weighted by molar-refractivity contribution is -0.144. The highest BCUT2D eigenvalue weighted by Crippen LogP contribution is 2.20. The molecule has 0 spiro atoms. The van der Waals surface area contributed by atoms with Crippen molar-refractivity contribution in [1.29, 1.82) is 0 Å². The summed E-state index contributed by atoms with van der Waals surface area (Å²) in [7, 11) is 0. The van der Waals surface area contributed by atoms with E-state index in [4.69, 9.17) is 5.73 Å². The Morgan fingerprint density at radius 1 is 1.13 bits per heavy atom. The summed E-state index contributed by atoms with van der Waals surface area (Å²) in [6.45, 7) is 9.04. The van der Waals surface area contributed by atoms with Gasteiger partial charge in [0.2, 0.25) is 17.7 Å². The second kappa shape index (κ2) is 12.4. The molecule has 7 nitrogen and oxygen atoms in total. The lowest BCUT2D eigenvalue weighted by atomic mass is 9.93. The van der Waals surface area contributed by atoms with Crippen LogP contribution in [0.4, 0.5) is 0 Å². The third kappa shape index (κ3) is 8.69. The first-order chi connectivity index (χ1) is 14.8. The average Bonchev–Trinajstić information content (AvgIpc) is 2.72. The molecular formula is C24H38N4O3. The molecule has 31 heavy (non-hydrogen) atoms. The van der Waals surface area contributed by atoms with Crippen LogP contribution in [0, 0.1) is 18.8 Å². The molecular weight excluding hydrogens is 392 g/mol.